The van der Waals surface area contributed by atoms with Crippen molar-refractivity contribution in [3.05, 3.63) is 39.9 Å². The van der Waals surface area contributed by atoms with Crippen LogP contribution in [0.1, 0.15) is 0 Å². The van der Waals surface area contributed by atoms with Gasteiger partial charge in [-0.2, -0.15) is 0 Å². The average Bonchev–Trinajstić information content (AvgIpc) is 2.21. The van der Waals surface area contributed by atoms with E-state index in [4.69, 9.17) is 10.8 Å². The van der Waals surface area contributed by atoms with Gasteiger partial charge >= 0.3 is 0 Å². The van der Waals surface area contributed by atoms with E-state index in [2.05, 4.69) is 4.99 Å². The minimum Gasteiger partial charge on any atom is -0.405 e. The molecule has 0 aliphatic carbocycles. The van der Waals surface area contributed by atoms with Crippen molar-refractivity contribution in [2.75, 3.05) is 6.61 Å². The lowest BCUT2D eigenvalue weighted by atomic mass is 10.3. The summed E-state index contributed by atoms with van der Waals surface area (Å²) in [5, 5.41) is 8.95. The number of aliphatic imine (C=N–C) groups is 1. The SMILES string of the molecule is NC=CC(CO)=Nc1ccc(F)cc1I. The summed E-state index contributed by atoms with van der Waals surface area (Å²) in [6, 6.07) is 4.25. The maximum atomic E-state index is 12.8. The average molecular weight is 320 g/mol. The summed E-state index contributed by atoms with van der Waals surface area (Å²) in [4.78, 5) is 4.13. The molecule has 0 saturated heterocycles. The molecule has 0 aliphatic heterocycles. The first-order valence-electron chi connectivity index (χ1n) is 4.19. The molecule has 0 heterocycles. The molecule has 1 aromatic carbocycles. The molecule has 0 atom stereocenters. The van der Waals surface area contributed by atoms with E-state index in [-0.39, 0.29) is 12.4 Å². The zero-order chi connectivity index (χ0) is 11.3. The zero-order valence-corrected chi connectivity index (χ0v) is 9.98. The zero-order valence-electron chi connectivity index (χ0n) is 7.82. The van der Waals surface area contributed by atoms with Gasteiger partial charge in [0, 0.05) is 3.57 Å². The van der Waals surface area contributed by atoms with Crippen LogP contribution in [-0.4, -0.2) is 17.4 Å². The van der Waals surface area contributed by atoms with Crippen LogP contribution in [-0.2, 0) is 0 Å². The maximum absolute atomic E-state index is 12.8. The van der Waals surface area contributed by atoms with Gasteiger partial charge in [0.2, 0.25) is 0 Å². The lowest BCUT2D eigenvalue weighted by molar-refractivity contribution is 0.358. The number of rotatable bonds is 3. The minimum atomic E-state index is -0.307. The predicted octanol–water partition coefficient (Wildman–Crippen LogP) is 1.97. The van der Waals surface area contributed by atoms with Crippen molar-refractivity contribution < 1.29 is 9.50 Å². The highest BCUT2D eigenvalue weighted by molar-refractivity contribution is 14.1. The lowest BCUT2D eigenvalue weighted by Crippen LogP contribution is -2.01. The van der Waals surface area contributed by atoms with E-state index >= 15 is 0 Å². The normalized spacial score (nSPS) is 12.3. The Morgan fingerprint density at radius 1 is 1.60 bits per heavy atom. The number of halogens is 2. The number of benzene rings is 1. The molecule has 0 amide bonds. The van der Waals surface area contributed by atoms with Crippen LogP contribution < -0.4 is 5.73 Å². The van der Waals surface area contributed by atoms with E-state index in [9.17, 15) is 4.39 Å². The van der Waals surface area contributed by atoms with Gasteiger partial charge in [-0.05, 0) is 53.1 Å². The van der Waals surface area contributed by atoms with Crippen molar-refractivity contribution in [2.45, 2.75) is 0 Å². The summed E-state index contributed by atoms with van der Waals surface area (Å²) in [6.45, 7) is -0.207. The summed E-state index contributed by atoms with van der Waals surface area (Å²) in [7, 11) is 0. The standard InChI is InChI=1S/C10H10FIN2O/c11-7-1-2-10(9(12)5-7)14-8(6-15)3-4-13/h1-5,15H,6,13H2. The van der Waals surface area contributed by atoms with E-state index in [1.54, 1.807) is 6.07 Å². The Kier molecular flexibility index (Phi) is 4.70. The third-order valence-electron chi connectivity index (χ3n) is 1.62. The molecule has 3 N–H and O–H groups in total. The van der Waals surface area contributed by atoms with Gasteiger partial charge < -0.3 is 10.8 Å². The first-order valence-corrected chi connectivity index (χ1v) is 5.27. The van der Waals surface area contributed by atoms with Crippen molar-refractivity contribution in [2.24, 2.45) is 10.7 Å². The summed E-state index contributed by atoms with van der Waals surface area (Å²) < 4.78 is 13.5. The fourth-order valence-corrected chi connectivity index (χ4v) is 1.56. The highest BCUT2D eigenvalue weighted by Crippen LogP contribution is 2.22. The topological polar surface area (TPSA) is 58.6 Å². The molecule has 80 valence electrons. The molecule has 0 fully saturated rings. The molecule has 1 aromatic rings. The van der Waals surface area contributed by atoms with Crippen LogP contribution in [0.4, 0.5) is 10.1 Å². The lowest BCUT2D eigenvalue weighted by Gasteiger charge is -2.00. The molecule has 0 aromatic heterocycles. The number of hydrogen-bond donors (Lipinski definition) is 2. The number of hydrogen-bond acceptors (Lipinski definition) is 3. The fraction of sp³-hybridized carbons (Fsp3) is 0.100. The van der Waals surface area contributed by atoms with Crippen LogP contribution in [0.25, 0.3) is 0 Å². The van der Waals surface area contributed by atoms with Gasteiger partial charge in [-0.15, -0.1) is 0 Å². The monoisotopic (exact) mass is 320 g/mol. The largest absolute Gasteiger partial charge is 0.405 e. The van der Waals surface area contributed by atoms with E-state index in [0.717, 1.165) is 0 Å². The first kappa shape index (κ1) is 12.1. The predicted molar refractivity (Wildman–Crippen MR) is 66.6 cm³/mol. The third-order valence-corrected chi connectivity index (χ3v) is 2.49. The number of aliphatic hydroxyl groups excluding tert-OH is 1. The third kappa shape index (κ3) is 3.60. The second kappa shape index (κ2) is 5.82. The summed E-state index contributed by atoms with van der Waals surface area (Å²) in [5.41, 5.74) is 6.23. The van der Waals surface area contributed by atoms with Crippen molar-refractivity contribution >= 4 is 34.0 Å². The number of nitrogens with two attached hydrogens (primary N) is 1. The quantitative estimate of drug-likeness (QED) is 0.661. The molecular formula is C10H10FIN2O. The molecule has 1 rings (SSSR count). The summed E-state index contributed by atoms with van der Waals surface area (Å²) in [5.74, 6) is -0.307. The van der Waals surface area contributed by atoms with Crippen LogP contribution in [0.15, 0.2) is 35.5 Å². The van der Waals surface area contributed by atoms with Crippen molar-refractivity contribution in [3.8, 4) is 0 Å². The van der Waals surface area contributed by atoms with Gasteiger partial charge in [0.1, 0.15) is 5.82 Å². The van der Waals surface area contributed by atoms with Crippen LogP contribution in [0.2, 0.25) is 0 Å². The number of nitrogens with zero attached hydrogens (tertiary/aromatic N) is 1. The molecule has 0 radical (unpaired) electrons. The molecule has 0 bridgehead atoms. The highest BCUT2D eigenvalue weighted by atomic mass is 127. The van der Waals surface area contributed by atoms with Gasteiger partial charge in [-0.25, -0.2) is 9.38 Å². The molecule has 0 aliphatic rings. The van der Waals surface area contributed by atoms with Crippen LogP contribution in [0.3, 0.4) is 0 Å². The maximum Gasteiger partial charge on any atom is 0.124 e. The minimum absolute atomic E-state index is 0.207. The van der Waals surface area contributed by atoms with Gasteiger partial charge in [-0.1, -0.05) is 0 Å². The smallest absolute Gasteiger partial charge is 0.124 e. The molecular weight excluding hydrogens is 310 g/mol. The molecule has 0 unspecified atom stereocenters. The Balaban J connectivity index is 3.06. The van der Waals surface area contributed by atoms with Gasteiger partial charge in [0.15, 0.2) is 0 Å². The molecule has 15 heavy (non-hydrogen) atoms. The highest BCUT2D eigenvalue weighted by Gasteiger charge is 2.00. The van der Waals surface area contributed by atoms with Crippen LogP contribution >= 0.6 is 22.6 Å². The molecule has 5 heteroatoms. The Morgan fingerprint density at radius 3 is 2.87 bits per heavy atom. The van der Waals surface area contributed by atoms with E-state index in [0.29, 0.717) is 15.0 Å². The Hall–Kier alpha value is -0.950. The van der Waals surface area contributed by atoms with Crippen molar-refractivity contribution in [3.63, 3.8) is 0 Å². The Bertz CT molecular complexity index is 404. The van der Waals surface area contributed by atoms with Crippen molar-refractivity contribution in [1.29, 1.82) is 0 Å². The fourth-order valence-electron chi connectivity index (χ4n) is 0.963. The van der Waals surface area contributed by atoms with Gasteiger partial charge in [0.25, 0.3) is 0 Å². The van der Waals surface area contributed by atoms with Gasteiger partial charge in [-0.3, -0.25) is 0 Å². The van der Waals surface area contributed by atoms with E-state index in [1.807, 2.05) is 22.6 Å². The second-order valence-electron chi connectivity index (χ2n) is 2.72. The Morgan fingerprint density at radius 2 is 2.33 bits per heavy atom. The molecule has 0 saturated carbocycles. The first-order chi connectivity index (χ1) is 7.17. The second-order valence-corrected chi connectivity index (χ2v) is 3.88. The van der Waals surface area contributed by atoms with E-state index in [1.165, 1.54) is 24.4 Å². The van der Waals surface area contributed by atoms with Crippen molar-refractivity contribution in [1.82, 2.24) is 0 Å². The van der Waals surface area contributed by atoms with Gasteiger partial charge in [0.05, 0.1) is 18.0 Å². The molecule has 3 nitrogen and oxygen atoms in total. The Labute approximate surface area is 101 Å². The van der Waals surface area contributed by atoms with Crippen LogP contribution in [0.5, 0.6) is 0 Å². The summed E-state index contributed by atoms with van der Waals surface area (Å²) in [6.07, 6.45) is 2.80. The molecule has 0 spiro atoms. The summed E-state index contributed by atoms with van der Waals surface area (Å²) >= 11 is 1.98. The van der Waals surface area contributed by atoms with Crippen LogP contribution in [0, 0.1) is 9.39 Å². The van der Waals surface area contributed by atoms with E-state index < -0.39 is 0 Å². The number of aliphatic hydroxyl groups is 1.